The summed E-state index contributed by atoms with van der Waals surface area (Å²) in [5.74, 6) is 0.138. The highest BCUT2D eigenvalue weighted by atomic mass is 35.5. The van der Waals surface area contributed by atoms with Gasteiger partial charge < -0.3 is 9.15 Å². The van der Waals surface area contributed by atoms with Gasteiger partial charge in [0.05, 0.1) is 34.3 Å². The number of nitrogens with zero attached hydrogens (tertiary/aromatic N) is 4. The normalized spacial score (nSPS) is 10.8. The standard InChI is InChI=1S/C28H18Cl2FN5O3S/c1-14-17(7-8-21(30)24(14)38-19-10-16(13-32)9-18(29)12-19)11-23-35-36-27(39-23)25-15(2)33-28(40-25)34-26(37)20-5-3-4-6-22(20)31/h3-10,12H,11H2,1-2H3,(H,33,34,37). The molecule has 0 spiro atoms. The van der Waals surface area contributed by atoms with Crippen LogP contribution in [0.15, 0.2) is 59.0 Å². The number of hydrogen-bond acceptors (Lipinski definition) is 8. The predicted octanol–water partition coefficient (Wildman–Crippen LogP) is 7.76. The minimum atomic E-state index is -0.624. The second kappa shape index (κ2) is 11.4. The molecule has 200 valence electrons. The highest BCUT2D eigenvalue weighted by molar-refractivity contribution is 7.19. The Bertz CT molecular complexity index is 1800. The average Bonchev–Trinajstić information content (AvgIpc) is 3.53. The molecule has 0 aliphatic rings. The SMILES string of the molecule is Cc1nc(NC(=O)c2ccccc2F)sc1-c1nnc(Cc2ccc(Cl)c(Oc3cc(Cl)cc(C#N)c3)c2C)o1. The van der Waals surface area contributed by atoms with Crippen LogP contribution < -0.4 is 10.1 Å². The molecule has 0 fully saturated rings. The van der Waals surface area contributed by atoms with Crippen molar-refractivity contribution >= 4 is 45.6 Å². The van der Waals surface area contributed by atoms with Crippen LogP contribution in [0.1, 0.15) is 38.6 Å². The first kappa shape index (κ1) is 27.3. The molecular weight excluding hydrogens is 576 g/mol. The maximum Gasteiger partial charge on any atom is 0.260 e. The van der Waals surface area contributed by atoms with Gasteiger partial charge in [-0.2, -0.15) is 5.26 Å². The van der Waals surface area contributed by atoms with Gasteiger partial charge in [-0.3, -0.25) is 10.1 Å². The van der Waals surface area contributed by atoms with Crippen molar-refractivity contribution in [3.8, 4) is 28.3 Å². The Morgan fingerprint density at radius 3 is 2.73 bits per heavy atom. The fourth-order valence-corrected chi connectivity index (χ4v) is 5.21. The predicted molar refractivity (Wildman–Crippen MR) is 150 cm³/mol. The number of aromatic nitrogens is 3. The topological polar surface area (TPSA) is 114 Å². The number of nitriles is 1. The Kier molecular flexibility index (Phi) is 7.80. The van der Waals surface area contributed by atoms with Crippen LogP contribution in [0.4, 0.5) is 9.52 Å². The number of anilines is 1. The van der Waals surface area contributed by atoms with Gasteiger partial charge in [0.25, 0.3) is 11.8 Å². The average molecular weight is 594 g/mol. The van der Waals surface area contributed by atoms with E-state index in [9.17, 15) is 14.4 Å². The number of aryl methyl sites for hydroxylation is 1. The minimum absolute atomic E-state index is 0.0838. The Morgan fingerprint density at radius 1 is 1.15 bits per heavy atom. The number of nitrogens with one attached hydrogen (secondary N) is 1. The molecule has 2 aromatic heterocycles. The third-order valence-corrected chi connectivity index (χ3v) is 7.41. The lowest BCUT2D eigenvalue weighted by molar-refractivity contribution is 0.102. The molecular formula is C28H18Cl2FN5O3S. The Morgan fingerprint density at radius 2 is 1.95 bits per heavy atom. The van der Waals surface area contributed by atoms with Gasteiger partial charge in [-0.25, -0.2) is 9.37 Å². The number of ether oxygens (including phenoxy) is 1. The number of hydrogen-bond donors (Lipinski definition) is 1. The van der Waals surface area contributed by atoms with Crippen LogP contribution in [0.2, 0.25) is 10.0 Å². The number of benzene rings is 3. The van der Waals surface area contributed by atoms with Gasteiger partial charge in [0.2, 0.25) is 5.89 Å². The molecule has 3 aromatic carbocycles. The summed E-state index contributed by atoms with van der Waals surface area (Å²) in [5.41, 5.74) is 2.42. The second-order valence-corrected chi connectivity index (χ2v) is 10.4. The zero-order chi connectivity index (χ0) is 28.4. The quantitative estimate of drug-likeness (QED) is 0.205. The summed E-state index contributed by atoms with van der Waals surface area (Å²) >= 11 is 13.7. The van der Waals surface area contributed by atoms with E-state index in [1.807, 2.05) is 19.1 Å². The van der Waals surface area contributed by atoms with Gasteiger partial charge >= 0.3 is 0 Å². The van der Waals surface area contributed by atoms with Crippen LogP contribution in [-0.4, -0.2) is 21.1 Å². The van der Waals surface area contributed by atoms with Gasteiger partial charge in [0, 0.05) is 5.02 Å². The summed E-state index contributed by atoms with van der Waals surface area (Å²) in [7, 11) is 0. The van der Waals surface area contributed by atoms with Crippen LogP contribution >= 0.6 is 34.5 Å². The van der Waals surface area contributed by atoms with E-state index in [0.29, 0.717) is 50.0 Å². The van der Waals surface area contributed by atoms with E-state index in [-0.39, 0.29) is 16.6 Å². The number of halogens is 3. The smallest absolute Gasteiger partial charge is 0.260 e. The van der Waals surface area contributed by atoms with Crippen LogP contribution in [0, 0.1) is 31.0 Å². The molecule has 8 nitrogen and oxygen atoms in total. The van der Waals surface area contributed by atoms with E-state index >= 15 is 0 Å². The van der Waals surface area contributed by atoms with Gasteiger partial charge in [0.1, 0.15) is 22.2 Å². The molecule has 0 radical (unpaired) electrons. The fourth-order valence-electron chi connectivity index (χ4n) is 3.86. The molecule has 1 N–H and O–H groups in total. The van der Waals surface area contributed by atoms with Crippen molar-refractivity contribution in [1.82, 2.24) is 15.2 Å². The molecule has 0 aliphatic heterocycles. The van der Waals surface area contributed by atoms with Gasteiger partial charge in [0.15, 0.2) is 5.13 Å². The molecule has 0 atom stereocenters. The maximum atomic E-state index is 14.0. The van der Waals surface area contributed by atoms with Gasteiger partial charge in [-0.1, -0.05) is 52.7 Å². The Labute approximate surface area is 242 Å². The van der Waals surface area contributed by atoms with Crippen molar-refractivity contribution in [3.05, 3.63) is 104 Å². The summed E-state index contributed by atoms with van der Waals surface area (Å²) in [6.45, 7) is 3.59. The Balaban J connectivity index is 1.34. The van der Waals surface area contributed by atoms with Crippen molar-refractivity contribution in [2.45, 2.75) is 20.3 Å². The van der Waals surface area contributed by atoms with Crippen molar-refractivity contribution in [2.75, 3.05) is 5.32 Å². The maximum absolute atomic E-state index is 14.0. The number of amides is 1. The van der Waals surface area contributed by atoms with E-state index in [4.69, 9.17) is 32.4 Å². The van der Waals surface area contributed by atoms with E-state index in [0.717, 1.165) is 22.5 Å². The number of rotatable bonds is 7. The van der Waals surface area contributed by atoms with Gasteiger partial charge in [-0.05, 0) is 61.4 Å². The largest absolute Gasteiger partial charge is 0.455 e. The van der Waals surface area contributed by atoms with Crippen molar-refractivity contribution < 1.29 is 18.3 Å². The molecule has 5 aromatic rings. The Hall–Kier alpha value is -4.30. The third-order valence-electron chi connectivity index (χ3n) is 5.83. The number of carbonyl (C=O) groups excluding carboxylic acids is 1. The lowest BCUT2D eigenvalue weighted by atomic mass is 10.0. The van der Waals surface area contributed by atoms with Crippen molar-refractivity contribution in [3.63, 3.8) is 0 Å². The summed E-state index contributed by atoms with van der Waals surface area (Å²) in [6.07, 6.45) is 0.292. The zero-order valence-electron chi connectivity index (χ0n) is 21.0. The molecule has 2 heterocycles. The molecule has 1 amide bonds. The lowest BCUT2D eigenvalue weighted by Crippen LogP contribution is -2.13. The third kappa shape index (κ3) is 5.82. The molecule has 0 unspecified atom stereocenters. The summed E-state index contributed by atoms with van der Waals surface area (Å²) in [4.78, 5) is 17.4. The molecule has 0 saturated carbocycles. The highest BCUT2D eigenvalue weighted by Gasteiger charge is 2.20. The van der Waals surface area contributed by atoms with E-state index < -0.39 is 11.7 Å². The van der Waals surface area contributed by atoms with E-state index in [1.54, 1.807) is 31.2 Å². The molecule has 5 rings (SSSR count). The summed E-state index contributed by atoms with van der Waals surface area (Å²) in [5, 5.41) is 21.2. The van der Waals surface area contributed by atoms with E-state index in [2.05, 4.69) is 20.5 Å². The van der Waals surface area contributed by atoms with Crippen LogP contribution in [0.5, 0.6) is 11.5 Å². The fraction of sp³-hybridized carbons (Fsp3) is 0.107. The van der Waals surface area contributed by atoms with Crippen molar-refractivity contribution in [2.24, 2.45) is 0 Å². The highest BCUT2D eigenvalue weighted by Crippen LogP contribution is 2.37. The monoisotopic (exact) mass is 593 g/mol. The number of thiazole rings is 1. The zero-order valence-corrected chi connectivity index (χ0v) is 23.3. The first-order valence-electron chi connectivity index (χ1n) is 11.7. The van der Waals surface area contributed by atoms with Crippen molar-refractivity contribution in [1.29, 1.82) is 5.26 Å². The van der Waals surface area contributed by atoms with Crippen LogP contribution in [-0.2, 0) is 6.42 Å². The molecule has 40 heavy (non-hydrogen) atoms. The molecule has 0 aliphatic carbocycles. The van der Waals surface area contributed by atoms with E-state index in [1.165, 1.54) is 24.3 Å². The first-order chi connectivity index (χ1) is 19.2. The molecule has 0 bridgehead atoms. The lowest BCUT2D eigenvalue weighted by Gasteiger charge is -2.14. The molecule has 12 heteroatoms. The number of carbonyl (C=O) groups is 1. The first-order valence-corrected chi connectivity index (χ1v) is 13.3. The van der Waals surface area contributed by atoms with Gasteiger partial charge in [-0.15, -0.1) is 10.2 Å². The summed E-state index contributed by atoms with van der Waals surface area (Å²) in [6, 6.07) is 16.0. The van der Waals surface area contributed by atoms with Crippen LogP contribution in [0.3, 0.4) is 0 Å². The summed E-state index contributed by atoms with van der Waals surface area (Å²) < 4.78 is 25.9. The molecule has 0 saturated heterocycles. The second-order valence-electron chi connectivity index (χ2n) is 8.60. The van der Waals surface area contributed by atoms with Crippen LogP contribution in [0.25, 0.3) is 10.8 Å². The minimum Gasteiger partial charge on any atom is -0.455 e.